The fraction of sp³-hybridized carbons (Fsp3) is 0.222. The van der Waals surface area contributed by atoms with E-state index in [0.29, 0.717) is 5.57 Å². The molecule has 0 aliphatic carbocycles. The standard InChI is InChI=1S/C9H11NO4/c1-3-8(6-9(11)12)5-4-7(2)10(13)14/h3-5H,1,6H2,2H3,(H,11,12)/b7-4+,8-5+. The molecule has 0 amide bonds. The first-order chi connectivity index (χ1) is 6.47. The first-order valence-electron chi connectivity index (χ1n) is 3.83. The average molecular weight is 197 g/mol. The molecule has 0 aromatic heterocycles. The van der Waals surface area contributed by atoms with Crippen LogP contribution < -0.4 is 0 Å². The van der Waals surface area contributed by atoms with E-state index in [-0.39, 0.29) is 12.1 Å². The number of carboxylic acids is 1. The summed E-state index contributed by atoms with van der Waals surface area (Å²) in [6.45, 7) is 4.74. The SMILES string of the molecule is C=C/C(=C\C=C(/C)[N+](=O)[O-])CC(=O)O. The van der Waals surface area contributed by atoms with Crippen LogP contribution in [0.4, 0.5) is 0 Å². The second kappa shape index (κ2) is 5.69. The van der Waals surface area contributed by atoms with Crippen molar-refractivity contribution in [1.29, 1.82) is 0 Å². The number of nitro groups is 1. The van der Waals surface area contributed by atoms with Crippen molar-refractivity contribution in [3.8, 4) is 0 Å². The van der Waals surface area contributed by atoms with Crippen molar-refractivity contribution in [3.63, 3.8) is 0 Å². The number of nitrogens with zero attached hydrogens (tertiary/aromatic N) is 1. The lowest BCUT2D eigenvalue weighted by Gasteiger charge is -1.94. The van der Waals surface area contributed by atoms with Crippen molar-refractivity contribution < 1.29 is 14.8 Å². The smallest absolute Gasteiger partial charge is 0.307 e. The molecule has 0 heterocycles. The van der Waals surface area contributed by atoms with Gasteiger partial charge in [0.05, 0.1) is 11.3 Å². The molecule has 0 aliphatic heterocycles. The summed E-state index contributed by atoms with van der Waals surface area (Å²) in [7, 11) is 0. The normalized spacial score (nSPS) is 12.4. The Balaban J connectivity index is 4.61. The number of carboxylic acid groups (broad SMARTS) is 1. The van der Waals surface area contributed by atoms with Gasteiger partial charge in [0.15, 0.2) is 0 Å². The molecule has 0 rings (SSSR count). The van der Waals surface area contributed by atoms with Crippen molar-refractivity contribution in [2.75, 3.05) is 0 Å². The maximum atomic E-state index is 10.3. The number of aliphatic carboxylic acids is 1. The van der Waals surface area contributed by atoms with Crippen LogP contribution in [0.3, 0.4) is 0 Å². The van der Waals surface area contributed by atoms with Crippen LogP contribution in [0.5, 0.6) is 0 Å². The maximum Gasteiger partial charge on any atom is 0.307 e. The van der Waals surface area contributed by atoms with Gasteiger partial charge in [0.1, 0.15) is 0 Å². The second-order valence-electron chi connectivity index (χ2n) is 2.58. The van der Waals surface area contributed by atoms with Gasteiger partial charge in [0.25, 0.3) is 0 Å². The van der Waals surface area contributed by atoms with Gasteiger partial charge in [-0.3, -0.25) is 14.9 Å². The molecule has 0 aromatic rings. The Morgan fingerprint density at radius 1 is 1.57 bits per heavy atom. The van der Waals surface area contributed by atoms with E-state index in [9.17, 15) is 14.9 Å². The van der Waals surface area contributed by atoms with E-state index in [2.05, 4.69) is 6.58 Å². The van der Waals surface area contributed by atoms with Crippen LogP contribution in [-0.4, -0.2) is 16.0 Å². The van der Waals surface area contributed by atoms with Crippen molar-refractivity contribution in [1.82, 2.24) is 0 Å². The van der Waals surface area contributed by atoms with E-state index in [0.717, 1.165) is 0 Å². The highest BCUT2D eigenvalue weighted by atomic mass is 16.6. The molecule has 5 nitrogen and oxygen atoms in total. The Morgan fingerprint density at radius 2 is 2.14 bits per heavy atom. The second-order valence-corrected chi connectivity index (χ2v) is 2.58. The third kappa shape index (κ3) is 4.87. The minimum absolute atomic E-state index is 0.0465. The summed E-state index contributed by atoms with van der Waals surface area (Å²) < 4.78 is 0. The lowest BCUT2D eigenvalue weighted by molar-refractivity contribution is -0.424. The predicted molar refractivity (Wildman–Crippen MR) is 51.3 cm³/mol. The summed E-state index contributed by atoms with van der Waals surface area (Å²) in [5.74, 6) is -0.997. The number of rotatable bonds is 5. The monoisotopic (exact) mass is 197 g/mol. The minimum atomic E-state index is -0.997. The highest BCUT2D eigenvalue weighted by molar-refractivity contribution is 5.71. The summed E-state index contributed by atoms with van der Waals surface area (Å²) in [6.07, 6.45) is 3.79. The predicted octanol–water partition coefficient (Wildman–Crippen LogP) is 1.75. The molecule has 0 unspecified atom stereocenters. The zero-order valence-electron chi connectivity index (χ0n) is 7.77. The number of hydrogen-bond acceptors (Lipinski definition) is 3. The lowest BCUT2D eigenvalue weighted by Crippen LogP contribution is -1.96. The zero-order chi connectivity index (χ0) is 11.1. The van der Waals surface area contributed by atoms with Crippen LogP contribution in [0.1, 0.15) is 13.3 Å². The van der Waals surface area contributed by atoms with Gasteiger partial charge < -0.3 is 5.11 Å². The summed E-state index contributed by atoms with van der Waals surface area (Å²) in [5.41, 5.74) is 0.383. The molecule has 0 spiro atoms. The van der Waals surface area contributed by atoms with Crippen LogP contribution in [0.15, 0.2) is 36.1 Å². The molecule has 0 aromatic carbocycles. The molecular formula is C9H11NO4. The molecular weight excluding hydrogens is 186 g/mol. The first-order valence-corrected chi connectivity index (χ1v) is 3.83. The molecule has 0 atom stereocenters. The highest BCUT2D eigenvalue weighted by Crippen LogP contribution is 2.04. The van der Waals surface area contributed by atoms with Gasteiger partial charge in [-0.15, -0.1) is 0 Å². The summed E-state index contributed by atoms with van der Waals surface area (Å²) >= 11 is 0. The zero-order valence-corrected chi connectivity index (χ0v) is 7.77. The number of hydrogen-bond donors (Lipinski definition) is 1. The topological polar surface area (TPSA) is 80.4 Å². The Bertz CT molecular complexity index is 315. The van der Waals surface area contributed by atoms with Crippen LogP contribution in [0.25, 0.3) is 0 Å². The fourth-order valence-electron chi connectivity index (χ4n) is 0.662. The van der Waals surface area contributed by atoms with Crippen LogP contribution in [0.2, 0.25) is 0 Å². The quantitative estimate of drug-likeness (QED) is 0.413. The highest BCUT2D eigenvalue weighted by Gasteiger charge is 2.01. The lowest BCUT2D eigenvalue weighted by atomic mass is 10.1. The third-order valence-corrected chi connectivity index (χ3v) is 1.44. The largest absolute Gasteiger partial charge is 0.481 e. The van der Waals surface area contributed by atoms with Crippen LogP contribution >= 0.6 is 0 Å². The fourth-order valence-corrected chi connectivity index (χ4v) is 0.662. The van der Waals surface area contributed by atoms with Gasteiger partial charge in [-0.05, 0) is 5.57 Å². The number of allylic oxidation sites excluding steroid dienone is 4. The molecule has 0 saturated heterocycles. The van der Waals surface area contributed by atoms with Gasteiger partial charge in [-0.25, -0.2) is 0 Å². The Hall–Kier alpha value is -1.91. The first kappa shape index (κ1) is 12.1. The van der Waals surface area contributed by atoms with Crippen molar-refractivity contribution >= 4 is 5.97 Å². The van der Waals surface area contributed by atoms with Gasteiger partial charge in [0, 0.05) is 13.0 Å². The van der Waals surface area contributed by atoms with Gasteiger partial charge in [-0.2, -0.15) is 0 Å². The molecule has 0 radical (unpaired) electrons. The van der Waals surface area contributed by atoms with E-state index in [1.54, 1.807) is 0 Å². The van der Waals surface area contributed by atoms with E-state index < -0.39 is 10.9 Å². The summed E-state index contributed by atoms with van der Waals surface area (Å²) in [6, 6.07) is 0. The van der Waals surface area contributed by atoms with E-state index >= 15 is 0 Å². The average Bonchev–Trinajstić information content (AvgIpc) is 2.10. The third-order valence-electron chi connectivity index (χ3n) is 1.44. The minimum Gasteiger partial charge on any atom is -0.481 e. The van der Waals surface area contributed by atoms with Gasteiger partial charge in [-0.1, -0.05) is 18.7 Å². The Labute approximate surface area is 81.2 Å². The molecule has 5 heteroatoms. The summed E-state index contributed by atoms with van der Waals surface area (Å²) in [4.78, 5) is 19.9. The van der Waals surface area contributed by atoms with E-state index in [1.807, 2.05) is 0 Å². The van der Waals surface area contributed by atoms with E-state index in [1.165, 1.54) is 25.2 Å². The molecule has 14 heavy (non-hydrogen) atoms. The number of carbonyl (C=O) groups is 1. The Morgan fingerprint density at radius 3 is 2.50 bits per heavy atom. The van der Waals surface area contributed by atoms with Crippen molar-refractivity contribution in [2.45, 2.75) is 13.3 Å². The molecule has 0 aliphatic rings. The molecule has 0 saturated carbocycles. The van der Waals surface area contributed by atoms with Crippen LogP contribution in [0, 0.1) is 10.1 Å². The molecule has 1 N–H and O–H groups in total. The van der Waals surface area contributed by atoms with Crippen LogP contribution in [-0.2, 0) is 4.79 Å². The van der Waals surface area contributed by atoms with Gasteiger partial charge >= 0.3 is 5.97 Å². The van der Waals surface area contributed by atoms with E-state index in [4.69, 9.17) is 5.11 Å². The maximum absolute atomic E-state index is 10.3. The van der Waals surface area contributed by atoms with Crippen molar-refractivity contribution in [2.24, 2.45) is 0 Å². The Kier molecular flexibility index (Phi) is 4.91. The summed E-state index contributed by atoms with van der Waals surface area (Å²) in [5, 5.41) is 18.6. The van der Waals surface area contributed by atoms with Gasteiger partial charge in [0.2, 0.25) is 5.70 Å². The molecule has 0 bridgehead atoms. The molecule has 0 fully saturated rings. The van der Waals surface area contributed by atoms with Crippen molar-refractivity contribution in [3.05, 3.63) is 46.2 Å². The molecule has 76 valence electrons.